The van der Waals surface area contributed by atoms with Crippen LogP contribution in [0, 0.1) is 17.6 Å². The van der Waals surface area contributed by atoms with Crippen molar-refractivity contribution in [2.75, 3.05) is 12.0 Å². The Morgan fingerprint density at radius 3 is 2.35 bits per heavy atom. The third-order valence-electron chi connectivity index (χ3n) is 4.61. The number of hydrogen-bond acceptors (Lipinski definition) is 6. The van der Waals surface area contributed by atoms with Crippen LogP contribution in [0.1, 0.15) is 26.3 Å². The van der Waals surface area contributed by atoms with Crippen LogP contribution in [-0.2, 0) is 15.4 Å². The van der Waals surface area contributed by atoms with Crippen molar-refractivity contribution in [2.45, 2.75) is 30.4 Å². The maximum absolute atomic E-state index is 14.4. The number of sulfone groups is 1. The molecule has 5 nitrogen and oxygen atoms in total. The van der Waals surface area contributed by atoms with Crippen molar-refractivity contribution in [2.24, 2.45) is 16.6 Å². The number of halogens is 2. The number of rotatable bonds is 2. The molecule has 1 aromatic carbocycles. The number of nitrogens with zero attached hydrogens (tertiary/aromatic N) is 1. The molecule has 9 heteroatoms. The zero-order valence-corrected chi connectivity index (χ0v) is 14.9. The second-order valence-electron chi connectivity index (χ2n) is 6.07. The number of amidine groups is 1. The van der Waals surface area contributed by atoms with Gasteiger partial charge in [0.15, 0.2) is 26.6 Å². The fourth-order valence-corrected chi connectivity index (χ4v) is 5.61. The van der Waals surface area contributed by atoms with E-state index in [1.54, 1.807) is 6.92 Å². The molecule has 23 heavy (non-hydrogen) atoms. The standard InChI is InChI=1S/C14H19F2N3O2S2/c1-7-13(2,9-5-8(17)6-10(15)11(9)16)19-12(18)22-14(7,3)23(4,20)21/h5-7H,17H2,1-4H3,(H2,18,19)/t7?,13-,14+/m0/s1. The van der Waals surface area contributed by atoms with Gasteiger partial charge in [-0.25, -0.2) is 17.2 Å². The Balaban J connectivity index is 2.77. The van der Waals surface area contributed by atoms with Crippen LogP contribution < -0.4 is 11.5 Å². The highest BCUT2D eigenvalue weighted by Gasteiger charge is 2.55. The minimum absolute atomic E-state index is 0.000702. The molecule has 1 aliphatic rings. The molecule has 1 heterocycles. The lowest BCUT2D eigenvalue weighted by Crippen LogP contribution is -2.52. The molecule has 0 fully saturated rings. The molecule has 0 aliphatic carbocycles. The molecule has 1 unspecified atom stereocenters. The Hall–Kier alpha value is -1.35. The molecular weight excluding hydrogens is 344 g/mol. The lowest BCUT2D eigenvalue weighted by Gasteiger charge is -2.46. The van der Waals surface area contributed by atoms with Crippen molar-refractivity contribution in [3.8, 4) is 0 Å². The third-order valence-corrected chi connectivity index (χ3v) is 8.66. The van der Waals surface area contributed by atoms with E-state index >= 15 is 0 Å². The summed E-state index contributed by atoms with van der Waals surface area (Å²) >= 11 is 0.907. The third kappa shape index (κ3) is 2.69. The maximum atomic E-state index is 14.4. The van der Waals surface area contributed by atoms with E-state index in [0.29, 0.717) is 0 Å². The van der Waals surface area contributed by atoms with Crippen molar-refractivity contribution in [3.05, 3.63) is 29.3 Å². The van der Waals surface area contributed by atoms with Crippen molar-refractivity contribution in [1.82, 2.24) is 0 Å². The number of thioether (sulfide) groups is 1. The van der Waals surface area contributed by atoms with E-state index in [1.165, 1.54) is 19.9 Å². The molecule has 1 aliphatic heterocycles. The highest BCUT2D eigenvalue weighted by molar-refractivity contribution is 8.23. The minimum atomic E-state index is -3.56. The van der Waals surface area contributed by atoms with E-state index in [4.69, 9.17) is 11.5 Å². The zero-order valence-electron chi connectivity index (χ0n) is 13.2. The van der Waals surface area contributed by atoms with Gasteiger partial charge in [0.05, 0.1) is 5.54 Å². The monoisotopic (exact) mass is 363 g/mol. The number of hydrogen-bond donors (Lipinski definition) is 2. The van der Waals surface area contributed by atoms with Crippen LogP contribution in [0.25, 0.3) is 0 Å². The summed E-state index contributed by atoms with van der Waals surface area (Å²) in [7, 11) is -3.56. The SMILES string of the molecule is CC1[C@@](C)(S(C)(=O)=O)SC(N)=N[C@]1(C)c1cc(N)cc(F)c1F. The van der Waals surface area contributed by atoms with Gasteiger partial charge in [-0.3, -0.25) is 4.99 Å². The highest BCUT2D eigenvalue weighted by Crippen LogP contribution is 2.52. The molecule has 0 bridgehead atoms. The van der Waals surface area contributed by atoms with Crippen LogP contribution in [0.4, 0.5) is 14.5 Å². The minimum Gasteiger partial charge on any atom is -0.399 e. The topological polar surface area (TPSA) is 98.5 Å². The van der Waals surface area contributed by atoms with E-state index in [-0.39, 0.29) is 16.4 Å². The smallest absolute Gasteiger partial charge is 0.164 e. The molecule has 0 spiro atoms. The summed E-state index contributed by atoms with van der Waals surface area (Å²) in [5.74, 6) is -2.90. The van der Waals surface area contributed by atoms with E-state index in [0.717, 1.165) is 24.1 Å². The molecule has 128 valence electrons. The van der Waals surface area contributed by atoms with Crippen molar-refractivity contribution >= 4 is 32.5 Å². The Morgan fingerprint density at radius 1 is 1.26 bits per heavy atom. The molecule has 3 atom stereocenters. The lowest BCUT2D eigenvalue weighted by atomic mass is 9.78. The maximum Gasteiger partial charge on any atom is 0.164 e. The van der Waals surface area contributed by atoms with Crippen LogP contribution in [0.15, 0.2) is 17.1 Å². The lowest BCUT2D eigenvalue weighted by molar-refractivity contribution is 0.289. The summed E-state index contributed by atoms with van der Waals surface area (Å²) in [6.45, 7) is 4.67. The average Bonchev–Trinajstić information content (AvgIpc) is 2.38. The van der Waals surface area contributed by atoms with Gasteiger partial charge in [0.25, 0.3) is 0 Å². The molecule has 4 N–H and O–H groups in total. The van der Waals surface area contributed by atoms with Gasteiger partial charge in [0.2, 0.25) is 0 Å². The van der Waals surface area contributed by atoms with Gasteiger partial charge in [0.1, 0.15) is 4.08 Å². The fraction of sp³-hybridized carbons (Fsp3) is 0.500. The summed E-state index contributed by atoms with van der Waals surface area (Å²) < 4.78 is 51.3. The van der Waals surface area contributed by atoms with Gasteiger partial charge >= 0.3 is 0 Å². The number of aliphatic imine (C=N–C) groups is 1. The molecule has 0 saturated heterocycles. The Morgan fingerprint density at radius 2 is 1.83 bits per heavy atom. The van der Waals surface area contributed by atoms with E-state index < -0.39 is 37.0 Å². The Kier molecular flexibility index (Phi) is 4.18. The molecular formula is C14H19F2N3O2S2. The molecule has 0 amide bonds. The van der Waals surface area contributed by atoms with E-state index in [9.17, 15) is 17.2 Å². The first kappa shape index (κ1) is 18.0. The fourth-order valence-electron chi connectivity index (χ4n) is 2.82. The van der Waals surface area contributed by atoms with E-state index in [2.05, 4.69) is 4.99 Å². The number of anilines is 1. The summed E-state index contributed by atoms with van der Waals surface area (Å²) in [4.78, 5) is 4.25. The van der Waals surface area contributed by atoms with Crippen LogP contribution in [0.5, 0.6) is 0 Å². The first-order valence-electron chi connectivity index (χ1n) is 6.82. The summed E-state index contributed by atoms with van der Waals surface area (Å²) in [5, 5.41) is 0.000702. The Labute approximate surface area is 138 Å². The van der Waals surface area contributed by atoms with Crippen molar-refractivity contribution in [3.63, 3.8) is 0 Å². The molecule has 0 radical (unpaired) electrons. The summed E-state index contributed by atoms with van der Waals surface area (Å²) in [5.41, 5.74) is 9.98. The van der Waals surface area contributed by atoms with E-state index in [1.807, 2.05) is 0 Å². The highest BCUT2D eigenvalue weighted by atomic mass is 32.3. The number of nitrogen functional groups attached to an aromatic ring is 1. The van der Waals surface area contributed by atoms with Gasteiger partial charge < -0.3 is 11.5 Å². The van der Waals surface area contributed by atoms with Crippen LogP contribution in [-0.4, -0.2) is 23.9 Å². The van der Waals surface area contributed by atoms with Gasteiger partial charge in [-0.1, -0.05) is 18.7 Å². The van der Waals surface area contributed by atoms with Crippen LogP contribution in [0.2, 0.25) is 0 Å². The van der Waals surface area contributed by atoms with Crippen molar-refractivity contribution < 1.29 is 17.2 Å². The van der Waals surface area contributed by atoms with Crippen molar-refractivity contribution in [1.29, 1.82) is 0 Å². The summed E-state index contributed by atoms with van der Waals surface area (Å²) in [6, 6.07) is 2.14. The first-order valence-corrected chi connectivity index (χ1v) is 9.52. The van der Waals surface area contributed by atoms with Gasteiger partial charge in [0, 0.05) is 23.4 Å². The predicted molar refractivity (Wildman–Crippen MR) is 89.7 cm³/mol. The largest absolute Gasteiger partial charge is 0.399 e. The number of benzene rings is 1. The number of nitrogens with two attached hydrogens (primary N) is 2. The predicted octanol–water partition coefficient (Wildman–Crippen LogP) is 2.22. The zero-order chi connectivity index (χ0) is 17.8. The second-order valence-corrected chi connectivity index (χ2v) is 10.2. The Bertz CT molecular complexity index is 797. The molecule has 1 aromatic rings. The first-order chi connectivity index (χ1) is 10.3. The molecule has 2 rings (SSSR count). The van der Waals surface area contributed by atoms with Gasteiger partial charge in [-0.15, -0.1) is 0 Å². The van der Waals surface area contributed by atoms with Gasteiger partial charge in [-0.05, 0) is 26.0 Å². The average molecular weight is 363 g/mol. The summed E-state index contributed by atoms with van der Waals surface area (Å²) in [6.07, 6.45) is 1.09. The van der Waals surface area contributed by atoms with Crippen LogP contribution >= 0.6 is 11.8 Å². The second kappa shape index (κ2) is 5.34. The normalized spacial score (nSPS) is 31.7. The molecule has 0 saturated carbocycles. The van der Waals surface area contributed by atoms with Gasteiger partial charge in [-0.2, -0.15) is 0 Å². The van der Waals surface area contributed by atoms with Crippen LogP contribution in [0.3, 0.4) is 0 Å². The molecule has 0 aromatic heterocycles. The quantitative estimate of drug-likeness (QED) is 0.785.